The van der Waals surface area contributed by atoms with Crippen molar-refractivity contribution in [2.24, 2.45) is 0 Å². The summed E-state index contributed by atoms with van der Waals surface area (Å²) in [5.74, 6) is -0.634. The van der Waals surface area contributed by atoms with Crippen LogP contribution in [0.4, 0.5) is 36.6 Å². The number of nitrogens with zero attached hydrogens (tertiary/aromatic N) is 5. The molecule has 10 heteroatoms. The second-order valence-electron chi connectivity index (χ2n) is 6.68. The van der Waals surface area contributed by atoms with Crippen LogP contribution in [-0.2, 0) is 0 Å². The second kappa shape index (κ2) is 8.68. The molecule has 1 aromatic carbocycles. The molecule has 0 radical (unpaired) electrons. The molecular weight excluding hydrogens is 392 g/mol. The first kappa shape index (κ1) is 19.5. The van der Waals surface area contributed by atoms with Crippen molar-refractivity contribution >= 4 is 29.0 Å². The van der Waals surface area contributed by atoms with Crippen molar-refractivity contribution in [1.82, 2.24) is 20.1 Å². The third kappa shape index (κ3) is 4.59. The lowest BCUT2D eigenvalue weighted by atomic mass is 10.3. The van der Waals surface area contributed by atoms with E-state index in [1.807, 2.05) is 29.2 Å². The summed E-state index contributed by atoms with van der Waals surface area (Å²) in [6.45, 7) is 2.09. The summed E-state index contributed by atoms with van der Waals surface area (Å²) in [4.78, 5) is 20.0. The number of nitrogens with one attached hydrogen (secondary N) is 2. The summed E-state index contributed by atoms with van der Waals surface area (Å²) in [6.07, 6.45) is 3.39. The molecule has 154 valence electrons. The van der Waals surface area contributed by atoms with E-state index in [0.717, 1.165) is 17.8 Å². The molecule has 0 aliphatic carbocycles. The van der Waals surface area contributed by atoms with Crippen LogP contribution in [0.15, 0.2) is 54.9 Å². The molecule has 3 heterocycles. The van der Waals surface area contributed by atoms with Gasteiger partial charge in [-0.2, -0.15) is 0 Å². The van der Waals surface area contributed by atoms with Crippen molar-refractivity contribution in [2.45, 2.75) is 0 Å². The molecular formula is C20H19F2N7O. The van der Waals surface area contributed by atoms with Crippen LogP contribution >= 0.6 is 0 Å². The summed E-state index contributed by atoms with van der Waals surface area (Å²) in [6, 6.07) is 10.3. The van der Waals surface area contributed by atoms with Gasteiger partial charge in [-0.25, -0.2) is 13.6 Å². The van der Waals surface area contributed by atoms with Gasteiger partial charge in [0.15, 0.2) is 23.3 Å². The Morgan fingerprint density at radius 3 is 2.43 bits per heavy atom. The molecule has 2 aromatic heterocycles. The molecule has 0 bridgehead atoms. The first-order valence-electron chi connectivity index (χ1n) is 9.35. The molecule has 2 N–H and O–H groups in total. The van der Waals surface area contributed by atoms with Crippen LogP contribution in [-0.4, -0.2) is 52.3 Å². The van der Waals surface area contributed by atoms with E-state index in [1.54, 1.807) is 17.3 Å². The largest absolute Gasteiger partial charge is 0.352 e. The highest BCUT2D eigenvalue weighted by atomic mass is 19.2. The minimum atomic E-state index is -1.00. The summed E-state index contributed by atoms with van der Waals surface area (Å²) in [5.41, 5.74) is 1.03. The van der Waals surface area contributed by atoms with Crippen LogP contribution in [0.3, 0.4) is 0 Å². The quantitative estimate of drug-likeness (QED) is 0.686. The number of amides is 2. The van der Waals surface area contributed by atoms with Gasteiger partial charge in [0.2, 0.25) is 0 Å². The summed E-state index contributed by atoms with van der Waals surface area (Å²) in [7, 11) is 0. The first-order chi connectivity index (χ1) is 14.6. The number of pyridine rings is 1. The van der Waals surface area contributed by atoms with Crippen LogP contribution in [0, 0.1) is 11.6 Å². The molecule has 2 amide bonds. The molecule has 4 rings (SSSR count). The number of benzene rings is 1. The van der Waals surface area contributed by atoms with E-state index in [9.17, 15) is 13.6 Å². The van der Waals surface area contributed by atoms with E-state index in [0.29, 0.717) is 37.8 Å². The first-order valence-corrected chi connectivity index (χ1v) is 9.35. The van der Waals surface area contributed by atoms with Gasteiger partial charge >= 0.3 is 6.03 Å². The normalized spacial score (nSPS) is 13.8. The Hall–Kier alpha value is -3.82. The molecule has 0 spiro atoms. The highest BCUT2D eigenvalue weighted by molar-refractivity contribution is 5.89. The predicted molar refractivity (Wildman–Crippen MR) is 109 cm³/mol. The maximum absolute atomic E-state index is 13.3. The van der Waals surface area contributed by atoms with Gasteiger partial charge in [-0.3, -0.25) is 4.98 Å². The minimum absolute atomic E-state index is 0.212. The fraction of sp³-hybridized carbons (Fsp3) is 0.200. The maximum atomic E-state index is 13.3. The Morgan fingerprint density at radius 2 is 1.77 bits per heavy atom. The third-order valence-corrected chi connectivity index (χ3v) is 4.65. The number of urea groups is 1. The number of hydrogen-bond acceptors (Lipinski definition) is 6. The standard InChI is InChI=1S/C20H19F2N7O/c21-16-4-3-14(12-17(16)22)25-20(30)29-10-8-28(9-11-29)19-6-5-18(26-27-19)24-15-2-1-7-23-13-15/h1-7,12-13H,8-11H2,(H,24,26)(H,25,30). The molecule has 0 atom stereocenters. The second-order valence-corrected chi connectivity index (χ2v) is 6.68. The van der Waals surface area contributed by atoms with Gasteiger partial charge in [0.1, 0.15) is 0 Å². The van der Waals surface area contributed by atoms with Gasteiger partial charge in [-0.05, 0) is 36.4 Å². The number of aromatic nitrogens is 3. The zero-order valence-corrected chi connectivity index (χ0v) is 15.9. The molecule has 1 aliphatic heterocycles. The monoisotopic (exact) mass is 411 g/mol. The van der Waals surface area contributed by atoms with Gasteiger partial charge in [-0.1, -0.05) is 0 Å². The van der Waals surface area contributed by atoms with Gasteiger partial charge < -0.3 is 20.4 Å². The zero-order chi connectivity index (χ0) is 20.9. The van der Waals surface area contributed by atoms with Crippen LogP contribution in [0.2, 0.25) is 0 Å². The molecule has 1 aliphatic rings. The average molecular weight is 411 g/mol. The number of carbonyl (C=O) groups is 1. The molecule has 1 fully saturated rings. The lowest BCUT2D eigenvalue weighted by Gasteiger charge is -2.35. The van der Waals surface area contributed by atoms with Crippen molar-refractivity contribution < 1.29 is 13.6 Å². The van der Waals surface area contributed by atoms with E-state index in [-0.39, 0.29) is 11.7 Å². The van der Waals surface area contributed by atoms with Crippen LogP contribution in [0.5, 0.6) is 0 Å². The highest BCUT2D eigenvalue weighted by Gasteiger charge is 2.22. The summed E-state index contributed by atoms with van der Waals surface area (Å²) < 4.78 is 26.3. The van der Waals surface area contributed by atoms with E-state index in [2.05, 4.69) is 25.8 Å². The van der Waals surface area contributed by atoms with E-state index >= 15 is 0 Å². The van der Waals surface area contributed by atoms with Crippen LogP contribution in [0.25, 0.3) is 0 Å². The Balaban J connectivity index is 1.30. The fourth-order valence-corrected chi connectivity index (χ4v) is 3.06. The smallest absolute Gasteiger partial charge is 0.321 e. The van der Waals surface area contributed by atoms with Crippen molar-refractivity contribution in [3.63, 3.8) is 0 Å². The summed E-state index contributed by atoms with van der Waals surface area (Å²) >= 11 is 0. The van der Waals surface area contributed by atoms with E-state index < -0.39 is 11.6 Å². The predicted octanol–water partition coefficient (Wildman–Crippen LogP) is 3.25. The summed E-state index contributed by atoms with van der Waals surface area (Å²) in [5, 5.41) is 14.1. The fourth-order valence-electron chi connectivity index (χ4n) is 3.06. The lowest BCUT2D eigenvalue weighted by molar-refractivity contribution is 0.208. The Morgan fingerprint density at radius 1 is 0.933 bits per heavy atom. The minimum Gasteiger partial charge on any atom is -0.352 e. The van der Waals surface area contributed by atoms with E-state index in [4.69, 9.17) is 0 Å². The molecule has 0 unspecified atom stereocenters. The third-order valence-electron chi connectivity index (χ3n) is 4.65. The van der Waals surface area contributed by atoms with Gasteiger partial charge in [0.05, 0.1) is 11.9 Å². The van der Waals surface area contributed by atoms with Crippen LogP contribution < -0.4 is 15.5 Å². The van der Waals surface area contributed by atoms with Gasteiger partial charge in [0.25, 0.3) is 0 Å². The zero-order valence-electron chi connectivity index (χ0n) is 15.9. The number of rotatable bonds is 4. The Kier molecular flexibility index (Phi) is 5.64. The maximum Gasteiger partial charge on any atom is 0.321 e. The topological polar surface area (TPSA) is 86.3 Å². The molecule has 1 saturated heterocycles. The molecule has 8 nitrogen and oxygen atoms in total. The van der Waals surface area contributed by atoms with Crippen LogP contribution in [0.1, 0.15) is 0 Å². The highest BCUT2D eigenvalue weighted by Crippen LogP contribution is 2.18. The van der Waals surface area contributed by atoms with Crippen molar-refractivity contribution in [3.8, 4) is 0 Å². The van der Waals surface area contributed by atoms with Crippen molar-refractivity contribution in [2.75, 3.05) is 41.7 Å². The molecule has 3 aromatic rings. The van der Waals surface area contributed by atoms with Gasteiger partial charge in [0, 0.05) is 44.1 Å². The van der Waals surface area contributed by atoms with Gasteiger partial charge in [-0.15, -0.1) is 10.2 Å². The van der Waals surface area contributed by atoms with E-state index in [1.165, 1.54) is 6.07 Å². The lowest BCUT2D eigenvalue weighted by Crippen LogP contribution is -2.50. The number of hydrogen-bond donors (Lipinski definition) is 2. The SMILES string of the molecule is O=C(Nc1ccc(F)c(F)c1)N1CCN(c2ccc(Nc3cccnc3)nn2)CC1. The average Bonchev–Trinajstić information content (AvgIpc) is 2.78. The molecule has 30 heavy (non-hydrogen) atoms. The number of piperazine rings is 1. The Bertz CT molecular complexity index is 1010. The van der Waals surface area contributed by atoms with Crippen molar-refractivity contribution in [1.29, 1.82) is 0 Å². The number of anilines is 4. The Labute approximate surface area is 171 Å². The molecule has 0 saturated carbocycles. The number of carbonyl (C=O) groups excluding carboxylic acids is 1. The van der Waals surface area contributed by atoms with Crippen molar-refractivity contribution in [3.05, 3.63) is 66.5 Å². The number of halogens is 2.